The van der Waals surface area contributed by atoms with Crippen molar-refractivity contribution in [1.29, 1.82) is 0 Å². The van der Waals surface area contributed by atoms with Crippen LogP contribution in [0.1, 0.15) is 44.1 Å². The van der Waals surface area contributed by atoms with Gasteiger partial charge >= 0.3 is 0 Å². The molecule has 108 valence electrons. The van der Waals surface area contributed by atoms with Crippen molar-refractivity contribution < 1.29 is 4.79 Å². The van der Waals surface area contributed by atoms with Crippen LogP contribution in [0.2, 0.25) is 0 Å². The van der Waals surface area contributed by atoms with Crippen LogP contribution in [0.5, 0.6) is 0 Å². The normalized spacial score (nSPS) is 14.8. The van der Waals surface area contributed by atoms with Gasteiger partial charge in [0.2, 0.25) is 5.91 Å². The topological polar surface area (TPSA) is 29.1 Å². The standard InChI is InChI=1S/C17H22BrNO/c18-16-8-4-7-15(13-16)9-10-17(20)19-12-11-14-5-2-1-3-6-14/h4-5,7-8,13H,1-3,6,9-12H2,(H,19,20). The molecule has 0 bridgehead atoms. The second-order valence-electron chi connectivity index (χ2n) is 5.34. The average molecular weight is 336 g/mol. The molecule has 0 aliphatic heterocycles. The van der Waals surface area contributed by atoms with Gasteiger partial charge in [-0.05, 0) is 56.2 Å². The summed E-state index contributed by atoms with van der Waals surface area (Å²) >= 11 is 3.45. The summed E-state index contributed by atoms with van der Waals surface area (Å²) < 4.78 is 1.07. The van der Waals surface area contributed by atoms with E-state index in [0.717, 1.165) is 23.9 Å². The van der Waals surface area contributed by atoms with Gasteiger partial charge in [0.1, 0.15) is 0 Å². The first-order valence-electron chi connectivity index (χ1n) is 7.43. The number of benzene rings is 1. The van der Waals surface area contributed by atoms with Crippen LogP contribution in [0.15, 0.2) is 40.4 Å². The maximum Gasteiger partial charge on any atom is 0.220 e. The van der Waals surface area contributed by atoms with Gasteiger partial charge in [-0.15, -0.1) is 0 Å². The first kappa shape index (κ1) is 15.3. The van der Waals surface area contributed by atoms with Crippen molar-refractivity contribution in [2.45, 2.75) is 44.9 Å². The Balaban J connectivity index is 1.64. The highest BCUT2D eigenvalue weighted by atomic mass is 79.9. The fourth-order valence-corrected chi connectivity index (χ4v) is 2.98. The minimum atomic E-state index is 0.154. The molecule has 0 saturated heterocycles. The van der Waals surface area contributed by atoms with Crippen molar-refractivity contribution in [1.82, 2.24) is 5.32 Å². The third kappa shape index (κ3) is 5.49. The second-order valence-corrected chi connectivity index (χ2v) is 6.25. The number of halogens is 1. The van der Waals surface area contributed by atoms with Gasteiger partial charge in [0.05, 0.1) is 0 Å². The molecular weight excluding hydrogens is 314 g/mol. The third-order valence-electron chi connectivity index (χ3n) is 3.68. The maximum atomic E-state index is 11.8. The molecule has 0 aromatic heterocycles. The molecule has 0 saturated carbocycles. The Hall–Kier alpha value is -1.09. The van der Waals surface area contributed by atoms with Crippen LogP contribution < -0.4 is 5.32 Å². The zero-order valence-electron chi connectivity index (χ0n) is 11.8. The number of hydrogen-bond acceptors (Lipinski definition) is 1. The van der Waals surface area contributed by atoms with Gasteiger partial charge in [-0.3, -0.25) is 4.79 Å². The van der Waals surface area contributed by atoms with Crippen LogP contribution in [-0.2, 0) is 11.2 Å². The molecule has 1 aromatic rings. The van der Waals surface area contributed by atoms with Crippen molar-refractivity contribution in [2.75, 3.05) is 6.54 Å². The highest BCUT2D eigenvalue weighted by Crippen LogP contribution is 2.19. The Morgan fingerprint density at radius 3 is 2.90 bits per heavy atom. The molecule has 1 aromatic carbocycles. The van der Waals surface area contributed by atoms with Crippen molar-refractivity contribution in [3.05, 3.63) is 46.0 Å². The zero-order chi connectivity index (χ0) is 14.2. The smallest absolute Gasteiger partial charge is 0.220 e. The summed E-state index contributed by atoms with van der Waals surface area (Å²) in [5, 5.41) is 3.02. The van der Waals surface area contributed by atoms with E-state index >= 15 is 0 Å². The lowest BCUT2D eigenvalue weighted by Crippen LogP contribution is -2.25. The van der Waals surface area contributed by atoms with Crippen LogP contribution in [0.4, 0.5) is 0 Å². The van der Waals surface area contributed by atoms with E-state index in [4.69, 9.17) is 0 Å². The number of aryl methyl sites for hydroxylation is 1. The first-order chi connectivity index (χ1) is 9.74. The van der Waals surface area contributed by atoms with Crippen molar-refractivity contribution in [3.8, 4) is 0 Å². The summed E-state index contributed by atoms with van der Waals surface area (Å²) in [4.78, 5) is 11.8. The fraction of sp³-hybridized carbons (Fsp3) is 0.471. The molecule has 1 aliphatic rings. The van der Waals surface area contributed by atoms with Crippen molar-refractivity contribution in [2.24, 2.45) is 0 Å². The fourth-order valence-electron chi connectivity index (χ4n) is 2.53. The van der Waals surface area contributed by atoms with E-state index in [1.165, 1.54) is 36.8 Å². The molecule has 2 nitrogen and oxygen atoms in total. The van der Waals surface area contributed by atoms with Crippen LogP contribution >= 0.6 is 15.9 Å². The van der Waals surface area contributed by atoms with E-state index in [2.05, 4.69) is 39.5 Å². The largest absolute Gasteiger partial charge is 0.356 e. The minimum absolute atomic E-state index is 0.154. The molecule has 3 heteroatoms. The van der Waals surface area contributed by atoms with E-state index in [9.17, 15) is 4.79 Å². The number of rotatable bonds is 6. The van der Waals surface area contributed by atoms with Crippen molar-refractivity contribution >= 4 is 21.8 Å². The Morgan fingerprint density at radius 1 is 1.25 bits per heavy atom. The number of allylic oxidation sites excluding steroid dienone is 1. The predicted octanol–water partition coefficient (Wildman–Crippen LogP) is 4.39. The minimum Gasteiger partial charge on any atom is -0.356 e. The predicted molar refractivity (Wildman–Crippen MR) is 86.6 cm³/mol. The molecule has 1 aliphatic carbocycles. The Bertz CT molecular complexity index is 482. The summed E-state index contributed by atoms with van der Waals surface area (Å²) in [6, 6.07) is 8.14. The Morgan fingerprint density at radius 2 is 2.15 bits per heavy atom. The van der Waals surface area contributed by atoms with Gasteiger partial charge in [0, 0.05) is 17.4 Å². The van der Waals surface area contributed by atoms with Crippen molar-refractivity contribution in [3.63, 3.8) is 0 Å². The van der Waals surface area contributed by atoms with E-state index in [1.54, 1.807) is 0 Å². The van der Waals surface area contributed by atoms with Crippen LogP contribution in [0, 0.1) is 0 Å². The van der Waals surface area contributed by atoms with Gasteiger partial charge in [0.25, 0.3) is 0 Å². The second kappa shape index (κ2) is 8.25. The molecule has 1 amide bonds. The quantitative estimate of drug-likeness (QED) is 0.767. The molecule has 2 rings (SSSR count). The molecule has 0 spiro atoms. The molecular formula is C17H22BrNO. The Kier molecular flexibility index (Phi) is 6.31. The molecule has 0 fully saturated rings. The molecule has 0 heterocycles. The van der Waals surface area contributed by atoms with Crippen LogP contribution in [-0.4, -0.2) is 12.5 Å². The number of nitrogens with one attached hydrogen (secondary N) is 1. The summed E-state index contributed by atoms with van der Waals surface area (Å²) in [7, 11) is 0. The lowest BCUT2D eigenvalue weighted by Gasteiger charge is -2.13. The van der Waals surface area contributed by atoms with Gasteiger partial charge < -0.3 is 5.32 Å². The number of hydrogen-bond donors (Lipinski definition) is 1. The van der Waals surface area contributed by atoms with Crippen LogP contribution in [0.3, 0.4) is 0 Å². The molecule has 1 N–H and O–H groups in total. The molecule has 0 atom stereocenters. The van der Waals surface area contributed by atoms with Gasteiger partial charge in [-0.2, -0.15) is 0 Å². The van der Waals surface area contributed by atoms with E-state index in [1.807, 2.05) is 12.1 Å². The SMILES string of the molecule is O=C(CCc1cccc(Br)c1)NCCC1=CCCCC1. The molecule has 0 unspecified atom stereocenters. The van der Waals surface area contributed by atoms with E-state index in [-0.39, 0.29) is 5.91 Å². The lowest BCUT2D eigenvalue weighted by atomic mass is 9.97. The number of carbonyl (C=O) groups is 1. The monoisotopic (exact) mass is 335 g/mol. The summed E-state index contributed by atoms with van der Waals surface area (Å²) in [6.45, 7) is 0.781. The van der Waals surface area contributed by atoms with Crippen LogP contribution in [0.25, 0.3) is 0 Å². The third-order valence-corrected chi connectivity index (χ3v) is 4.18. The molecule has 20 heavy (non-hydrogen) atoms. The maximum absolute atomic E-state index is 11.8. The average Bonchev–Trinajstić information content (AvgIpc) is 2.46. The number of amides is 1. The van der Waals surface area contributed by atoms with E-state index < -0.39 is 0 Å². The van der Waals surface area contributed by atoms with Gasteiger partial charge in [-0.1, -0.05) is 39.7 Å². The highest BCUT2D eigenvalue weighted by Gasteiger charge is 2.05. The van der Waals surface area contributed by atoms with Gasteiger partial charge in [-0.25, -0.2) is 0 Å². The van der Waals surface area contributed by atoms with E-state index in [0.29, 0.717) is 6.42 Å². The molecule has 0 radical (unpaired) electrons. The summed E-state index contributed by atoms with van der Waals surface area (Å²) in [6.07, 6.45) is 9.79. The lowest BCUT2D eigenvalue weighted by molar-refractivity contribution is -0.121. The first-order valence-corrected chi connectivity index (χ1v) is 8.22. The zero-order valence-corrected chi connectivity index (χ0v) is 13.4. The Labute approximate surface area is 129 Å². The van der Waals surface area contributed by atoms with Gasteiger partial charge in [0.15, 0.2) is 0 Å². The number of carbonyl (C=O) groups excluding carboxylic acids is 1. The summed E-state index contributed by atoms with van der Waals surface area (Å²) in [5.41, 5.74) is 2.72. The highest BCUT2D eigenvalue weighted by molar-refractivity contribution is 9.10. The summed E-state index contributed by atoms with van der Waals surface area (Å²) in [5.74, 6) is 0.154.